The van der Waals surface area contributed by atoms with Gasteiger partial charge in [-0.25, -0.2) is 14.8 Å². The van der Waals surface area contributed by atoms with Crippen LogP contribution in [0.5, 0.6) is 0 Å². The Morgan fingerprint density at radius 3 is 2.57 bits per heavy atom. The number of nitrogens with one attached hydrogen (secondary N) is 2. The minimum absolute atomic E-state index is 0.00833. The van der Waals surface area contributed by atoms with Gasteiger partial charge >= 0.3 is 5.97 Å². The maximum atomic E-state index is 13.5. The second kappa shape index (κ2) is 12.3. The predicted octanol–water partition coefficient (Wildman–Crippen LogP) is 2.82. The van der Waals surface area contributed by atoms with Gasteiger partial charge in [0, 0.05) is 37.5 Å². The van der Waals surface area contributed by atoms with E-state index in [9.17, 15) is 19.8 Å². The third-order valence-corrected chi connectivity index (χ3v) is 11.4. The second-order valence-corrected chi connectivity index (χ2v) is 14.4. The number of epoxide rings is 1. The van der Waals surface area contributed by atoms with Crippen LogP contribution in [0.2, 0.25) is 0 Å². The van der Waals surface area contributed by atoms with Crippen LogP contribution in [0.25, 0.3) is 6.08 Å². The third kappa shape index (κ3) is 5.94. The molecule has 4 N–H and O–H groups in total. The van der Waals surface area contributed by atoms with Gasteiger partial charge in [0.25, 0.3) is 0 Å². The molecule has 3 fully saturated rings. The van der Waals surface area contributed by atoms with Gasteiger partial charge in [0.15, 0.2) is 0 Å². The number of amides is 1. The molecule has 8 atom stereocenters. The van der Waals surface area contributed by atoms with E-state index in [0.29, 0.717) is 37.3 Å². The molecule has 11 nitrogen and oxygen atoms in total. The van der Waals surface area contributed by atoms with Gasteiger partial charge in [-0.05, 0) is 86.1 Å². The summed E-state index contributed by atoms with van der Waals surface area (Å²) in [6, 6.07) is 6.76. The number of nitrogens with zero attached hydrogens (tertiary/aromatic N) is 3. The van der Waals surface area contributed by atoms with Crippen LogP contribution in [-0.4, -0.2) is 91.9 Å². The van der Waals surface area contributed by atoms with Gasteiger partial charge in [-0.3, -0.25) is 15.4 Å². The monoisotopic (exact) mass is 633 g/mol. The fourth-order valence-corrected chi connectivity index (χ4v) is 8.55. The van der Waals surface area contributed by atoms with E-state index in [2.05, 4.69) is 27.5 Å². The Morgan fingerprint density at radius 1 is 1.20 bits per heavy atom. The van der Waals surface area contributed by atoms with Gasteiger partial charge in [0.1, 0.15) is 5.76 Å². The lowest BCUT2D eigenvalue weighted by Crippen LogP contribution is -2.61. The van der Waals surface area contributed by atoms with Crippen molar-refractivity contribution in [2.24, 2.45) is 32.7 Å². The Morgan fingerprint density at radius 2 is 1.93 bits per heavy atom. The predicted molar refractivity (Wildman–Crippen MR) is 176 cm³/mol. The highest BCUT2D eigenvalue weighted by molar-refractivity contribution is 6.04. The molecule has 1 aromatic rings. The van der Waals surface area contributed by atoms with Crippen molar-refractivity contribution in [1.82, 2.24) is 10.6 Å². The quantitative estimate of drug-likeness (QED) is 0.240. The van der Waals surface area contributed by atoms with E-state index < -0.39 is 29.6 Å². The first-order valence-electron chi connectivity index (χ1n) is 16.4. The molecule has 11 heteroatoms. The van der Waals surface area contributed by atoms with E-state index in [1.54, 1.807) is 19.2 Å². The van der Waals surface area contributed by atoms with E-state index in [4.69, 9.17) is 9.47 Å². The number of guanidine groups is 1. The summed E-state index contributed by atoms with van der Waals surface area (Å²) in [5, 5.41) is 27.8. The molecule has 1 saturated heterocycles. The second-order valence-electron chi connectivity index (χ2n) is 14.4. The van der Waals surface area contributed by atoms with Crippen molar-refractivity contribution in [2.75, 3.05) is 38.8 Å². The maximum Gasteiger partial charge on any atom is 0.341 e. The first kappa shape index (κ1) is 32.6. The zero-order valence-electron chi connectivity index (χ0n) is 27.5. The summed E-state index contributed by atoms with van der Waals surface area (Å²) in [5.41, 5.74) is 1.19. The normalized spacial score (nSPS) is 35.3. The van der Waals surface area contributed by atoms with Crippen molar-refractivity contribution in [1.29, 1.82) is 0 Å². The van der Waals surface area contributed by atoms with Crippen molar-refractivity contribution in [3.63, 3.8) is 0 Å². The lowest BCUT2D eigenvalue weighted by Gasteiger charge is -2.61. The van der Waals surface area contributed by atoms with E-state index >= 15 is 0 Å². The number of hydrogen-bond acceptors (Lipinski definition) is 10. The number of aliphatic imine (C=N–C) groups is 2. The number of ether oxygens (including phenoxy) is 2. The number of anilines is 1. The minimum Gasteiger partial charge on any atom is -0.423 e. The summed E-state index contributed by atoms with van der Waals surface area (Å²) in [6.45, 7) is 6.99. The van der Waals surface area contributed by atoms with Gasteiger partial charge in [0.2, 0.25) is 11.9 Å². The van der Waals surface area contributed by atoms with Crippen molar-refractivity contribution >= 4 is 35.8 Å². The van der Waals surface area contributed by atoms with E-state index in [1.165, 1.54) is 0 Å². The molecule has 5 aliphatic rings. The Labute approximate surface area is 270 Å². The number of rotatable bonds is 9. The number of aliphatic hydroxyl groups excluding tert-OH is 2. The van der Waals surface area contributed by atoms with Crippen LogP contribution in [0.1, 0.15) is 58.4 Å². The Bertz CT molecular complexity index is 1480. The average molecular weight is 634 g/mol. The summed E-state index contributed by atoms with van der Waals surface area (Å²) in [6.07, 6.45) is 8.22. The van der Waals surface area contributed by atoms with Gasteiger partial charge in [-0.15, -0.1) is 0 Å². The molecule has 1 spiro atoms. The Balaban J connectivity index is 1.32. The zero-order chi connectivity index (χ0) is 32.9. The zero-order valence-corrected chi connectivity index (χ0v) is 27.5. The van der Waals surface area contributed by atoms with E-state index in [1.807, 2.05) is 56.3 Å². The molecule has 46 heavy (non-hydrogen) atoms. The highest BCUT2D eigenvalue weighted by Crippen LogP contribution is 2.66. The molecule has 0 aromatic heterocycles. The highest BCUT2D eigenvalue weighted by atomic mass is 16.6. The number of esters is 1. The fourth-order valence-electron chi connectivity index (χ4n) is 8.55. The van der Waals surface area contributed by atoms with Gasteiger partial charge < -0.3 is 24.6 Å². The molecule has 0 radical (unpaired) electrons. The summed E-state index contributed by atoms with van der Waals surface area (Å²) in [5.74, 6) is 0.0401. The number of carbonyl (C=O) groups is 2. The Kier molecular flexibility index (Phi) is 8.73. The molecule has 6 rings (SSSR count). The summed E-state index contributed by atoms with van der Waals surface area (Å²) in [4.78, 5) is 37.1. The first-order valence-corrected chi connectivity index (χ1v) is 16.4. The summed E-state index contributed by atoms with van der Waals surface area (Å²) in [7, 11) is 3.96. The lowest BCUT2D eigenvalue weighted by atomic mass is 9.44. The molecule has 248 valence electrons. The fraction of sp³-hybridized carbons (Fsp3) is 0.600. The minimum atomic E-state index is -0.678. The number of benzene rings is 1. The number of aliphatic hydroxyl groups is 2. The first-order chi connectivity index (χ1) is 21.9. The number of cyclic esters (lactones) is 1. The Hall–Kier alpha value is -3.38. The van der Waals surface area contributed by atoms with Crippen LogP contribution in [0, 0.1) is 22.7 Å². The van der Waals surface area contributed by atoms with Crippen molar-refractivity contribution in [3.05, 3.63) is 47.2 Å². The molecule has 1 amide bonds. The van der Waals surface area contributed by atoms with Crippen molar-refractivity contribution in [3.8, 4) is 0 Å². The molecule has 1 aromatic carbocycles. The summed E-state index contributed by atoms with van der Waals surface area (Å²) >= 11 is 0. The van der Waals surface area contributed by atoms with Crippen LogP contribution in [0.4, 0.5) is 5.69 Å². The molecule has 2 aliphatic carbocycles. The molecule has 2 saturated carbocycles. The average Bonchev–Trinajstić information content (AvgIpc) is 3.41. The van der Waals surface area contributed by atoms with Crippen molar-refractivity contribution in [2.45, 2.75) is 76.7 Å². The van der Waals surface area contributed by atoms with E-state index in [-0.39, 0.29) is 41.3 Å². The molecule has 5 unspecified atom stereocenters. The number of fused-ring (bicyclic) bond motifs is 1. The van der Waals surface area contributed by atoms with Crippen LogP contribution >= 0.6 is 0 Å². The highest BCUT2D eigenvalue weighted by Gasteiger charge is 2.67. The number of hydrogen-bond donors (Lipinski definition) is 4. The van der Waals surface area contributed by atoms with E-state index in [0.717, 1.165) is 30.5 Å². The van der Waals surface area contributed by atoms with Crippen molar-refractivity contribution < 1.29 is 29.3 Å². The topological polar surface area (TPSA) is 148 Å². The lowest BCUT2D eigenvalue weighted by molar-refractivity contribution is -0.177. The van der Waals surface area contributed by atoms with Gasteiger partial charge in [-0.1, -0.05) is 26.0 Å². The smallest absolute Gasteiger partial charge is 0.341 e. The third-order valence-electron chi connectivity index (χ3n) is 11.4. The maximum absolute atomic E-state index is 13.5. The molecule has 3 heterocycles. The largest absolute Gasteiger partial charge is 0.423 e. The van der Waals surface area contributed by atoms with Gasteiger partial charge in [-0.2, -0.15) is 0 Å². The van der Waals surface area contributed by atoms with Crippen LogP contribution in [0.15, 0.2) is 51.7 Å². The summed E-state index contributed by atoms with van der Waals surface area (Å²) < 4.78 is 12.0. The number of allylic oxidation sites excluding steroid dienone is 1. The van der Waals surface area contributed by atoms with Crippen LogP contribution in [0.3, 0.4) is 0 Å². The molecular weight excluding hydrogens is 586 g/mol. The van der Waals surface area contributed by atoms with Crippen LogP contribution in [-0.2, 0) is 19.1 Å². The number of carbonyl (C=O) groups excluding carboxylic acids is 2. The molecule has 3 aliphatic heterocycles. The molecule has 0 bridgehead atoms. The van der Waals surface area contributed by atoms with Gasteiger partial charge in [0.05, 0.1) is 43.1 Å². The standard InChI is InChI=1S/C35H47N5O6/c1-21(30(43)39-32-36-14-15-37-32)38-26(25-17-24(46-31(25)44)16-22-6-8-23(9-7-22)40(4)5)18-28-33(2)12-11-29(42)34(3,19-41)27(33)10-13-35(28)20-45-35/h6-9,14,16-17,21,26-29,38,41-42H,10-13,15,18-20H2,1-5H3,(H,37,39,43)/b24-16+/t21?,26?,27?,28?,29-,33+,34+,35?/m1/s1. The molecular formula is C35H47N5O6. The van der Waals surface area contributed by atoms with Crippen LogP contribution < -0.4 is 15.5 Å². The SMILES string of the molecule is CC(NC(CC1C2(CCC3[C@]1(C)CC[C@@H](O)[C@@]3(C)CO)CO2)C1=C/C(=C\c2ccc(N(C)C)cc2)OC1=O)C(=O)NC1=NCC=N1.